The average molecular weight is 355 g/mol. The zero-order valence-electron chi connectivity index (χ0n) is 12.6. The van der Waals surface area contributed by atoms with Crippen LogP contribution in [0.15, 0.2) is 36.4 Å². The predicted octanol–water partition coefficient (Wildman–Crippen LogP) is 4.66. The monoisotopic (exact) mass is 354 g/mol. The lowest BCUT2D eigenvalue weighted by atomic mass is 10.2. The van der Waals surface area contributed by atoms with Gasteiger partial charge in [-0.05, 0) is 37.3 Å². The van der Waals surface area contributed by atoms with E-state index in [1.54, 1.807) is 36.4 Å². The van der Waals surface area contributed by atoms with Gasteiger partial charge < -0.3 is 14.2 Å². The Morgan fingerprint density at radius 2 is 1.65 bits per heavy atom. The van der Waals surface area contributed by atoms with Gasteiger partial charge >= 0.3 is 0 Å². The molecule has 0 bridgehead atoms. The standard InChI is InChI=1S/C17H16Cl2O4/c1-2-21-17-9-12(11-20)3-6-15(17)22-7-8-23-16-10-13(18)4-5-14(16)19/h3-6,9-11H,2,7-8H2,1H3. The fourth-order valence-corrected chi connectivity index (χ4v) is 2.21. The smallest absolute Gasteiger partial charge is 0.161 e. The highest BCUT2D eigenvalue weighted by molar-refractivity contribution is 6.34. The largest absolute Gasteiger partial charge is 0.490 e. The first kappa shape index (κ1) is 17.4. The quantitative estimate of drug-likeness (QED) is 0.510. The van der Waals surface area contributed by atoms with E-state index in [-0.39, 0.29) is 0 Å². The molecular formula is C17H16Cl2O4. The molecule has 0 amide bonds. The lowest BCUT2D eigenvalue weighted by Crippen LogP contribution is -2.10. The SMILES string of the molecule is CCOc1cc(C=O)ccc1OCCOc1cc(Cl)ccc1Cl. The molecule has 2 aromatic rings. The number of benzene rings is 2. The molecule has 0 saturated carbocycles. The lowest BCUT2D eigenvalue weighted by Gasteiger charge is -2.13. The van der Waals surface area contributed by atoms with Crippen LogP contribution in [0.2, 0.25) is 10.0 Å². The second kappa shape index (κ2) is 8.65. The van der Waals surface area contributed by atoms with Gasteiger partial charge in [-0.2, -0.15) is 0 Å². The normalized spacial score (nSPS) is 10.2. The summed E-state index contributed by atoms with van der Waals surface area (Å²) in [7, 11) is 0. The summed E-state index contributed by atoms with van der Waals surface area (Å²) in [6, 6.07) is 10.0. The molecule has 0 atom stereocenters. The molecule has 0 spiro atoms. The second-order valence-corrected chi connectivity index (χ2v) is 5.37. The lowest BCUT2D eigenvalue weighted by molar-refractivity contribution is 0.112. The highest BCUT2D eigenvalue weighted by Gasteiger charge is 2.07. The van der Waals surface area contributed by atoms with Crippen molar-refractivity contribution in [3.05, 3.63) is 52.0 Å². The molecule has 6 heteroatoms. The van der Waals surface area contributed by atoms with Gasteiger partial charge in [0, 0.05) is 16.7 Å². The van der Waals surface area contributed by atoms with Crippen LogP contribution in [0.3, 0.4) is 0 Å². The molecule has 0 aromatic heterocycles. The first-order valence-electron chi connectivity index (χ1n) is 7.06. The van der Waals surface area contributed by atoms with Gasteiger partial charge in [-0.25, -0.2) is 0 Å². The van der Waals surface area contributed by atoms with Crippen molar-refractivity contribution in [1.29, 1.82) is 0 Å². The highest BCUT2D eigenvalue weighted by Crippen LogP contribution is 2.29. The van der Waals surface area contributed by atoms with Crippen LogP contribution in [0.1, 0.15) is 17.3 Å². The third-order valence-corrected chi connectivity index (χ3v) is 3.44. The molecule has 0 radical (unpaired) electrons. The van der Waals surface area contributed by atoms with Crippen LogP contribution in [0.4, 0.5) is 0 Å². The summed E-state index contributed by atoms with van der Waals surface area (Å²) < 4.78 is 16.7. The van der Waals surface area contributed by atoms with Gasteiger partial charge in [0.2, 0.25) is 0 Å². The minimum absolute atomic E-state index is 0.293. The number of halogens is 2. The van der Waals surface area contributed by atoms with E-state index in [9.17, 15) is 4.79 Å². The molecule has 23 heavy (non-hydrogen) atoms. The Labute approximate surface area is 144 Å². The molecule has 2 aromatic carbocycles. The molecule has 122 valence electrons. The maximum atomic E-state index is 10.8. The molecule has 4 nitrogen and oxygen atoms in total. The minimum Gasteiger partial charge on any atom is -0.490 e. The van der Waals surface area contributed by atoms with Crippen molar-refractivity contribution in [2.24, 2.45) is 0 Å². The molecule has 0 aliphatic carbocycles. The fourth-order valence-electron chi connectivity index (χ4n) is 1.88. The Bertz CT molecular complexity index is 674. The Morgan fingerprint density at radius 3 is 2.35 bits per heavy atom. The van der Waals surface area contributed by atoms with Crippen molar-refractivity contribution < 1.29 is 19.0 Å². The van der Waals surface area contributed by atoms with Crippen LogP contribution in [0, 0.1) is 0 Å². The molecule has 0 N–H and O–H groups in total. The van der Waals surface area contributed by atoms with Gasteiger partial charge in [0.25, 0.3) is 0 Å². The molecule has 0 aliphatic heterocycles. The van der Waals surface area contributed by atoms with Crippen LogP contribution in [0.5, 0.6) is 17.2 Å². The first-order chi connectivity index (χ1) is 11.1. The first-order valence-corrected chi connectivity index (χ1v) is 7.82. The van der Waals surface area contributed by atoms with E-state index in [0.29, 0.717) is 52.7 Å². The van der Waals surface area contributed by atoms with Gasteiger partial charge in [0.1, 0.15) is 25.2 Å². The number of aldehydes is 1. The maximum absolute atomic E-state index is 10.8. The van der Waals surface area contributed by atoms with Crippen LogP contribution < -0.4 is 14.2 Å². The number of carbonyl (C=O) groups is 1. The summed E-state index contributed by atoms with van der Waals surface area (Å²) >= 11 is 11.9. The number of hydrogen-bond acceptors (Lipinski definition) is 4. The molecular weight excluding hydrogens is 339 g/mol. The third-order valence-electron chi connectivity index (χ3n) is 2.90. The summed E-state index contributed by atoms with van der Waals surface area (Å²) in [5, 5.41) is 1.04. The van der Waals surface area contributed by atoms with Crippen molar-refractivity contribution in [2.45, 2.75) is 6.92 Å². The van der Waals surface area contributed by atoms with E-state index in [1.807, 2.05) is 6.92 Å². The zero-order valence-corrected chi connectivity index (χ0v) is 14.1. The summed E-state index contributed by atoms with van der Waals surface area (Å²) in [5.74, 6) is 1.58. The summed E-state index contributed by atoms with van der Waals surface area (Å²) in [4.78, 5) is 10.8. The van der Waals surface area contributed by atoms with Crippen molar-refractivity contribution in [2.75, 3.05) is 19.8 Å². The summed E-state index contributed by atoms with van der Waals surface area (Å²) in [6.45, 7) is 2.93. The summed E-state index contributed by atoms with van der Waals surface area (Å²) in [5.41, 5.74) is 0.530. The molecule has 2 rings (SSSR count). The topological polar surface area (TPSA) is 44.8 Å². The van der Waals surface area contributed by atoms with Gasteiger partial charge in [-0.3, -0.25) is 4.79 Å². The molecule has 0 fully saturated rings. The predicted molar refractivity (Wildman–Crippen MR) is 90.5 cm³/mol. The van der Waals surface area contributed by atoms with Crippen molar-refractivity contribution in [3.8, 4) is 17.2 Å². The van der Waals surface area contributed by atoms with Crippen molar-refractivity contribution >= 4 is 29.5 Å². The highest BCUT2D eigenvalue weighted by atomic mass is 35.5. The van der Waals surface area contributed by atoms with Crippen molar-refractivity contribution in [3.63, 3.8) is 0 Å². The van der Waals surface area contributed by atoms with E-state index < -0.39 is 0 Å². The molecule has 0 heterocycles. The molecule has 0 unspecified atom stereocenters. The van der Waals surface area contributed by atoms with Crippen LogP contribution in [-0.2, 0) is 0 Å². The third kappa shape index (κ3) is 5.05. The van der Waals surface area contributed by atoms with Gasteiger partial charge in [-0.1, -0.05) is 23.2 Å². The Hall–Kier alpha value is -1.91. The number of hydrogen-bond donors (Lipinski definition) is 0. The van der Waals surface area contributed by atoms with E-state index >= 15 is 0 Å². The van der Waals surface area contributed by atoms with E-state index in [4.69, 9.17) is 37.4 Å². The van der Waals surface area contributed by atoms with E-state index in [2.05, 4.69) is 0 Å². The van der Waals surface area contributed by atoms with Gasteiger partial charge in [0.05, 0.1) is 11.6 Å². The summed E-state index contributed by atoms with van der Waals surface area (Å²) in [6.07, 6.45) is 0.760. The van der Waals surface area contributed by atoms with Crippen LogP contribution in [-0.4, -0.2) is 26.1 Å². The fraction of sp³-hybridized carbons (Fsp3) is 0.235. The maximum Gasteiger partial charge on any atom is 0.161 e. The number of rotatable bonds is 8. The van der Waals surface area contributed by atoms with E-state index in [1.165, 1.54) is 0 Å². The Kier molecular flexibility index (Phi) is 6.56. The molecule has 0 aliphatic rings. The van der Waals surface area contributed by atoms with Gasteiger partial charge in [0.15, 0.2) is 11.5 Å². The van der Waals surface area contributed by atoms with E-state index in [0.717, 1.165) is 6.29 Å². The number of ether oxygens (including phenoxy) is 3. The Morgan fingerprint density at radius 1 is 0.913 bits per heavy atom. The minimum atomic E-state index is 0.293. The van der Waals surface area contributed by atoms with Gasteiger partial charge in [-0.15, -0.1) is 0 Å². The number of carbonyl (C=O) groups excluding carboxylic acids is 1. The second-order valence-electron chi connectivity index (χ2n) is 4.53. The molecule has 0 saturated heterocycles. The Balaban J connectivity index is 1.93. The van der Waals surface area contributed by atoms with Crippen LogP contribution in [0.25, 0.3) is 0 Å². The zero-order chi connectivity index (χ0) is 16.7. The van der Waals surface area contributed by atoms with Crippen LogP contribution >= 0.6 is 23.2 Å². The van der Waals surface area contributed by atoms with Crippen molar-refractivity contribution in [1.82, 2.24) is 0 Å². The average Bonchev–Trinajstić information content (AvgIpc) is 2.55.